The molecule has 114 valence electrons. The number of hydrogen-bond donors (Lipinski definition) is 2. The fraction of sp³-hybridized carbons (Fsp3) is 0.462. The third-order valence-electron chi connectivity index (χ3n) is 3.67. The molecule has 2 N–H and O–H groups in total. The molecular formula is C13H15BrF2N4O. The summed E-state index contributed by atoms with van der Waals surface area (Å²) in [5, 5.41) is 7.30. The molecule has 0 radical (unpaired) electrons. The standard InChI is InChI=1S/C13H15BrF2N4O/c1-5-18-19-12-13(2,3)17-9-8(16)7(15)6(14)11(21-4)10(9)20(5)12/h5,17-18H,1-4H3. The Balaban J connectivity index is 2.35. The van der Waals surface area contributed by atoms with Crippen LogP contribution in [0.15, 0.2) is 9.57 Å². The molecule has 1 atom stereocenters. The molecule has 2 heterocycles. The summed E-state index contributed by atoms with van der Waals surface area (Å²) in [6.07, 6.45) is -0.189. The molecule has 1 unspecified atom stereocenters. The molecule has 2 aliphatic rings. The van der Waals surface area contributed by atoms with Gasteiger partial charge in [-0.15, -0.1) is 0 Å². The largest absolute Gasteiger partial charge is 0.493 e. The van der Waals surface area contributed by atoms with E-state index in [0.717, 1.165) is 0 Å². The normalized spacial score (nSPS) is 22.0. The van der Waals surface area contributed by atoms with Gasteiger partial charge in [-0.2, -0.15) is 5.10 Å². The fourth-order valence-corrected chi connectivity index (χ4v) is 3.24. The number of nitrogens with one attached hydrogen (secondary N) is 2. The summed E-state index contributed by atoms with van der Waals surface area (Å²) < 4.78 is 33.7. The van der Waals surface area contributed by atoms with Crippen molar-refractivity contribution in [3.8, 4) is 5.75 Å². The van der Waals surface area contributed by atoms with Crippen LogP contribution in [0.4, 0.5) is 20.2 Å². The average Bonchev–Trinajstić information content (AvgIpc) is 2.81. The summed E-state index contributed by atoms with van der Waals surface area (Å²) in [6, 6.07) is 0. The first-order valence-electron chi connectivity index (χ1n) is 6.45. The maximum atomic E-state index is 14.4. The van der Waals surface area contributed by atoms with E-state index in [-0.39, 0.29) is 22.1 Å². The van der Waals surface area contributed by atoms with Gasteiger partial charge in [0.25, 0.3) is 0 Å². The quantitative estimate of drug-likeness (QED) is 0.755. The first kappa shape index (κ1) is 14.4. The molecule has 3 rings (SSSR count). The van der Waals surface area contributed by atoms with Gasteiger partial charge < -0.3 is 10.1 Å². The smallest absolute Gasteiger partial charge is 0.185 e. The van der Waals surface area contributed by atoms with Crippen LogP contribution in [0.25, 0.3) is 0 Å². The molecule has 21 heavy (non-hydrogen) atoms. The molecular weight excluding hydrogens is 346 g/mol. The maximum absolute atomic E-state index is 14.4. The van der Waals surface area contributed by atoms with Gasteiger partial charge >= 0.3 is 0 Å². The van der Waals surface area contributed by atoms with Crippen molar-refractivity contribution < 1.29 is 13.5 Å². The van der Waals surface area contributed by atoms with Crippen LogP contribution in [0.1, 0.15) is 20.8 Å². The van der Waals surface area contributed by atoms with Gasteiger partial charge in [-0.05, 0) is 36.7 Å². The summed E-state index contributed by atoms with van der Waals surface area (Å²) in [6.45, 7) is 5.59. The number of hydrazone groups is 1. The number of hydrogen-bond acceptors (Lipinski definition) is 5. The van der Waals surface area contributed by atoms with Crippen molar-refractivity contribution in [2.75, 3.05) is 17.3 Å². The number of ether oxygens (including phenoxy) is 1. The third-order valence-corrected chi connectivity index (χ3v) is 4.38. The van der Waals surface area contributed by atoms with E-state index in [4.69, 9.17) is 4.74 Å². The molecule has 0 bridgehead atoms. The topological polar surface area (TPSA) is 48.9 Å². The van der Waals surface area contributed by atoms with Gasteiger partial charge in [0, 0.05) is 0 Å². The van der Waals surface area contributed by atoms with Crippen molar-refractivity contribution >= 4 is 33.1 Å². The van der Waals surface area contributed by atoms with Crippen LogP contribution in [0.3, 0.4) is 0 Å². The van der Waals surface area contributed by atoms with Crippen LogP contribution in [-0.4, -0.2) is 24.7 Å². The molecule has 0 aliphatic carbocycles. The summed E-state index contributed by atoms with van der Waals surface area (Å²) in [5.74, 6) is -0.994. The van der Waals surface area contributed by atoms with E-state index < -0.39 is 17.2 Å². The third kappa shape index (κ3) is 1.81. The van der Waals surface area contributed by atoms with Gasteiger partial charge in [0.1, 0.15) is 22.0 Å². The minimum Gasteiger partial charge on any atom is -0.493 e. The predicted octanol–water partition coefficient (Wildman–Crippen LogP) is 3.01. The van der Waals surface area contributed by atoms with E-state index in [9.17, 15) is 8.78 Å². The lowest BCUT2D eigenvalue weighted by Gasteiger charge is -2.42. The van der Waals surface area contributed by atoms with Crippen molar-refractivity contribution in [2.24, 2.45) is 5.10 Å². The maximum Gasteiger partial charge on any atom is 0.185 e. The Morgan fingerprint density at radius 2 is 2.00 bits per heavy atom. The van der Waals surface area contributed by atoms with Crippen LogP contribution >= 0.6 is 15.9 Å². The second-order valence-electron chi connectivity index (χ2n) is 5.56. The Bertz CT molecular complexity index is 662. The van der Waals surface area contributed by atoms with Crippen molar-refractivity contribution in [2.45, 2.75) is 32.5 Å². The number of methoxy groups -OCH3 is 1. The van der Waals surface area contributed by atoms with Crippen molar-refractivity contribution in [1.82, 2.24) is 5.43 Å². The van der Waals surface area contributed by atoms with Crippen molar-refractivity contribution in [1.29, 1.82) is 0 Å². The first-order valence-corrected chi connectivity index (χ1v) is 7.24. The van der Waals surface area contributed by atoms with Crippen LogP contribution in [-0.2, 0) is 0 Å². The Labute approximate surface area is 129 Å². The van der Waals surface area contributed by atoms with E-state index in [1.807, 2.05) is 25.7 Å². The molecule has 2 aliphatic heterocycles. The van der Waals surface area contributed by atoms with Gasteiger partial charge in [-0.3, -0.25) is 10.3 Å². The molecule has 0 amide bonds. The van der Waals surface area contributed by atoms with Crippen LogP contribution in [0, 0.1) is 11.6 Å². The molecule has 0 spiro atoms. The highest BCUT2D eigenvalue weighted by Crippen LogP contribution is 2.50. The van der Waals surface area contributed by atoms with E-state index in [0.29, 0.717) is 11.5 Å². The molecule has 5 nitrogen and oxygen atoms in total. The highest BCUT2D eigenvalue weighted by Gasteiger charge is 2.46. The molecule has 1 aromatic carbocycles. The van der Waals surface area contributed by atoms with Gasteiger partial charge in [-0.1, -0.05) is 0 Å². The molecule has 0 fully saturated rings. The Morgan fingerprint density at radius 3 is 2.62 bits per heavy atom. The lowest BCUT2D eigenvalue weighted by molar-refractivity contribution is 0.401. The molecule has 1 aromatic rings. The fourth-order valence-electron chi connectivity index (χ4n) is 2.72. The zero-order chi connectivity index (χ0) is 15.5. The predicted molar refractivity (Wildman–Crippen MR) is 80.8 cm³/mol. The molecule has 0 saturated heterocycles. The Morgan fingerprint density at radius 1 is 1.33 bits per heavy atom. The second kappa shape index (κ2) is 4.46. The van der Waals surface area contributed by atoms with Gasteiger partial charge in [-0.25, -0.2) is 8.78 Å². The minimum absolute atomic E-state index is 0.0405. The highest BCUT2D eigenvalue weighted by molar-refractivity contribution is 9.10. The van der Waals surface area contributed by atoms with Gasteiger partial charge in [0.05, 0.1) is 12.6 Å². The first-order chi connectivity index (χ1) is 9.79. The molecule has 0 saturated carbocycles. The Hall–Kier alpha value is -1.57. The zero-order valence-corrected chi connectivity index (χ0v) is 13.6. The van der Waals surface area contributed by atoms with E-state index in [1.54, 1.807) is 0 Å². The number of fused-ring (bicyclic) bond motifs is 3. The summed E-state index contributed by atoms with van der Waals surface area (Å²) in [7, 11) is 1.42. The van der Waals surface area contributed by atoms with Crippen LogP contribution in [0.2, 0.25) is 0 Å². The van der Waals surface area contributed by atoms with Crippen LogP contribution < -0.4 is 20.4 Å². The van der Waals surface area contributed by atoms with Gasteiger partial charge in [0.15, 0.2) is 23.2 Å². The molecule has 8 heteroatoms. The van der Waals surface area contributed by atoms with Gasteiger partial charge in [0.2, 0.25) is 0 Å². The number of nitrogens with zero attached hydrogens (tertiary/aromatic N) is 2. The SMILES string of the molecule is COc1c(Br)c(F)c(F)c2c1N1C(=NNC1C)C(C)(C)N2. The number of rotatable bonds is 1. The summed E-state index contributed by atoms with van der Waals surface area (Å²) in [5.41, 5.74) is 2.81. The van der Waals surface area contributed by atoms with Crippen molar-refractivity contribution in [3.63, 3.8) is 0 Å². The lowest BCUT2D eigenvalue weighted by atomic mass is 9.96. The highest BCUT2D eigenvalue weighted by atomic mass is 79.9. The monoisotopic (exact) mass is 360 g/mol. The average molecular weight is 361 g/mol. The second-order valence-corrected chi connectivity index (χ2v) is 6.35. The van der Waals surface area contributed by atoms with E-state index in [1.165, 1.54) is 7.11 Å². The number of halogens is 3. The number of benzene rings is 1. The molecule has 0 aromatic heterocycles. The Kier molecular flexibility index (Phi) is 3.05. The van der Waals surface area contributed by atoms with E-state index in [2.05, 4.69) is 31.8 Å². The summed E-state index contributed by atoms with van der Waals surface area (Å²) >= 11 is 3.06. The zero-order valence-electron chi connectivity index (χ0n) is 12.0. The lowest BCUT2D eigenvalue weighted by Crippen LogP contribution is -2.55. The summed E-state index contributed by atoms with van der Waals surface area (Å²) in [4.78, 5) is 1.82. The minimum atomic E-state index is -0.978. The van der Waals surface area contributed by atoms with Crippen LogP contribution in [0.5, 0.6) is 5.75 Å². The number of anilines is 2. The van der Waals surface area contributed by atoms with E-state index >= 15 is 0 Å². The van der Waals surface area contributed by atoms with Crippen molar-refractivity contribution in [3.05, 3.63) is 16.1 Å². The number of amidine groups is 1.